The van der Waals surface area contributed by atoms with Crippen LogP contribution in [0.1, 0.15) is 56.5 Å². The molecular weight excluding hydrogens is 442 g/mol. The topological polar surface area (TPSA) is 74.3 Å². The predicted molar refractivity (Wildman–Crippen MR) is 110 cm³/mol. The lowest BCUT2D eigenvalue weighted by Crippen LogP contribution is -2.50. The van der Waals surface area contributed by atoms with E-state index in [9.17, 15) is 9.59 Å². The molecule has 2 heterocycles. The lowest BCUT2D eigenvalue weighted by atomic mass is 9.89. The molecule has 29 heavy (non-hydrogen) atoms. The molecule has 0 unspecified atom stereocenters. The number of esters is 1. The van der Waals surface area contributed by atoms with Crippen LogP contribution in [-0.2, 0) is 9.47 Å². The molecule has 1 amide bonds. The van der Waals surface area contributed by atoms with Crippen LogP contribution in [0.4, 0.5) is 4.79 Å². The largest absolute Gasteiger partial charge is 0.465 e. The Morgan fingerprint density at radius 1 is 1.21 bits per heavy atom. The number of methoxy groups -OCH3 is 1. The summed E-state index contributed by atoms with van der Waals surface area (Å²) < 4.78 is 23.5. The Morgan fingerprint density at radius 3 is 2.34 bits per heavy atom. The average molecular weight is 470 g/mol. The van der Waals surface area contributed by atoms with E-state index in [1.54, 1.807) is 11.0 Å². The molecule has 2 aliphatic rings. The quantitative estimate of drug-likeness (QED) is 0.585. The normalized spacial score (nSPS) is 21.8. The number of carbonyl (C=O) groups excluding carboxylic acids is 2. The number of fused-ring (bicyclic) bond motifs is 1. The van der Waals surface area contributed by atoms with Crippen LogP contribution in [-0.4, -0.2) is 48.5 Å². The van der Waals surface area contributed by atoms with Crippen LogP contribution in [0.5, 0.6) is 11.5 Å². The fraction of sp³-hybridized carbons (Fsp3) is 0.619. The predicted octanol–water partition coefficient (Wildman–Crippen LogP) is 4.68. The second-order valence-corrected chi connectivity index (χ2v) is 9.50. The van der Waals surface area contributed by atoms with Crippen molar-refractivity contribution >= 4 is 28.0 Å². The maximum absolute atomic E-state index is 12.3. The van der Waals surface area contributed by atoms with Crippen molar-refractivity contribution < 1.29 is 28.5 Å². The Morgan fingerprint density at radius 2 is 1.79 bits per heavy atom. The molecule has 0 radical (unpaired) electrons. The van der Waals surface area contributed by atoms with Crippen molar-refractivity contribution in [2.45, 2.75) is 58.8 Å². The Kier molecular flexibility index (Phi) is 5.77. The highest BCUT2D eigenvalue weighted by atomic mass is 79.9. The van der Waals surface area contributed by atoms with E-state index in [2.05, 4.69) is 15.9 Å². The number of rotatable bonds is 2. The maximum Gasteiger partial charge on any atom is 0.410 e. The minimum Gasteiger partial charge on any atom is -0.465 e. The zero-order valence-electron chi connectivity index (χ0n) is 17.8. The second kappa shape index (κ2) is 7.70. The molecule has 1 saturated heterocycles. The van der Waals surface area contributed by atoms with Crippen LogP contribution in [0.3, 0.4) is 0 Å². The zero-order chi connectivity index (χ0) is 21.6. The molecule has 7 nitrogen and oxygen atoms in total. The molecule has 1 aromatic rings. The van der Waals surface area contributed by atoms with Gasteiger partial charge in [0.15, 0.2) is 11.5 Å². The summed E-state index contributed by atoms with van der Waals surface area (Å²) in [5, 5.41) is 0. The van der Waals surface area contributed by atoms with Crippen molar-refractivity contribution in [1.29, 1.82) is 0 Å². The molecule has 1 aromatic carbocycles. The van der Waals surface area contributed by atoms with E-state index in [1.165, 1.54) is 7.11 Å². The highest BCUT2D eigenvalue weighted by molar-refractivity contribution is 9.10. The molecule has 0 N–H and O–H groups in total. The minimum absolute atomic E-state index is 0.0847. The summed E-state index contributed by atoms with van der Waals surface area (Å²) in [5.74, 6) is -0.0657. The molecule has 0 saturated carbocycles. The number of carbonyl (C=O) groups is 2. The van der Waals surface area contributed by atoms with Crippen LogP contribution in [0.2, 0.25) is 0 Å². The molecule has 0 bridgehead atoms. The van der Waals surface area contributed by atoms with E-state index in [0.717, 1.165) is 12.8 Å². The number of likely N-dealkylation sites (tertiary alicyclic amines) is 1. The highest BCUT2D eigenvalue weighted by Crippen LogP contribution is 2.51. The third-order valence-corrected chi connectivity index (χ3v) is 5.93. The molecule has 160 valence electrons. The number of ether oxygens (including phenoxy) is 4. The zero-order valence-corrected chi connectivity index (χ0v) is 19.3. The van der Waals surface area contributed by atoms with Crippen LogP contribution >= 0.6 is 15.9 Å². The molecule has 3 rings (SSSR count). The minimum atomic E-state index is -0.871. The summed E-state index contributed by atoms with van der Waals surface area (Å²) in [4.78, 5) is 26.1. The van der Waals surface area contributed by atoms with Crippen molar-refractivity contribution in [2.24, 2.45) is 5.92 Å². The van der Waals surface area contributed by atoms with Crippen molar-refractivity contribution in [3.05, 3.63) is 21.7 Å². The first kappa shape index (κ1) is 21.7. The first-order valence-corrected chi connectivity index (χ1v) is 10.5. The summed E-state index contributed by atoms with van der Waals surface area (Å²) >= 11 is 3.48. The second-order valence-electron chi connectivity index (χ2n) is 8.64. The van der Waals surface area contributed by atoms with E-state index >= 15 is 0 Å². The molecule has 1 fully saturated rings. The number of halogens is 1. The SMILES string of the molecule is COC(=O)c1cc(Br)c2c(c1C)O[C@](C)(C1CCN(C(=O)OC(C)(C)C)CC1)O2. The monoisotopic (exact) mass is 469 g/mol. The van der Waals surface area contributed by atoms with E-state index in [4.69, 9.17) is 18.9 Å². The number of nitrogens with zero attached hydrogens (tertiary/aromatic N) is 1. The van der Waals surface area contributed by atoms with Gasteiger partial charge in [0.2, 0.25) is 0 Å². The fourth-order valence-electron chi connectivity index (χ4n) is 3.75. The van der Waals surface area contributed by atoms with Crippen LogP contribution in [0.15, 0.2) is 10.5 Å². The van der Waals surface area contributed by atoms with Gasteiger partial charge in [0.25, 0.3) is 5.79 Å². The molecule has 0 aliphatic carbocycles. The van der Waals surface area contributed by atoms with E-state index < -0.39 is 17.4 Å². The van der Waals surface area contributed by atoms with Crippen LogP contribution in [0.25, 0.3) is 0 Å². The standard InChI is InChI=1S/C21H28BrNO6/c1-12-14(18(24)26-6)11-15(22)17-16(12)27-21(5,28-17)13-7-9-23(10-8-13)19(25)29-20(2,3)4/h11,13H,7-10H2,1-6H3/t21-/m0/s1. The van der Waals surface area contributed by atoms with E-state index in [-0.39, 0.29) is 12.0 Å². The lowest BCUT2D eigenvalue weighted by molar-refractivity contribution is -0.124. The number of amides is 1. The number of benzene rings is 1. The van der Waals surface area contributed by atoms with Gasteiger partial charge < -0.3 is 23.8 Å². The Balaban J connectivity index is 1.73. The van der Waals surface area contributed by atoms with Crippen molar-refractivity contribution in [2.75, 3.05) is 20.2 Å². The first-order valence-electron chi connectivity index (χ1n) is 9.72. The highest BCUT2D eigenvalue weighted by Gasteiger charge is 2.47. The fourth-order valence-corrected chi connectivity index (χ4v) is 4.24. The number of hydrogen-bond acceptors (Lipinski definition) is 6. The summed E-state index contributed by atoms with van der Waals surface area (Å²) in [6.45, 7) is 10.5. The molecule has 0 spiro atoms. The summed E-state index contributed by atoms with van der Waals surface area (Å²) in [6, 6.07) is 1.69. The van der Waals surface area contributed by atoms with Gasteiger partial charge in [-0.15, -0.1) is 0 Å². The van der Waals surface area contributed by atoms with E-state index in [0.29, 0.717) is 40.2 Å². The van der Waals surface area contributed by atoms with Crippen molar-refractivity contribution in [3.63, 3.8) is 0 Å². The van der Waals surface area contributed by atoms with Crippen LogP contribution in [0, 0.1) is 12.8 Å². The van der Waals surface area contributed by atoms with Gasteiger partial charge in [0, 0.05) is 31.5 Å². The lowest BCUT2D eigenvalue weighted by Gasteiger charge is -2.39. The Hall–Kier alpha value is -1.96. The Bertz CT molecular complexity index is 825. The molecular formula is C21H28BrNO6. The summed E-state index contributed by atoms with van der Waals surface area (Å²) in [5.41, 5.74) is 0.607. The van der Waals surface area contributed by atoms with E-state index in [1.807, 2.05) is 34.6 Å². The average Bonchev–Trinajstić information content (AvgIpc) is 3.03. The number of piperidine rings is 1. The Labute approximate surface area is 179 Å². The van der Waals surface area contributed by atoms with Gasteiger partial charge in [0.1, 0.15) is 5.60 Å². The number of hydrogen-bond donors (Lipinski definition) is 0. The molecule has 8 heteroatoms. The van der Waals surface area contributed by atoms with Gasteiger partial charge in [-0.1, -0.05) is 0 Å². The van der Waals surface area contributed by atoms with Gasteiger partial charge in [-0.05, 0) is 62.5 Å². The third kappa shape index (κ3) is 4.32. The molecule has 0 aromatic heterocycles. The smallest absolute Gasteiger partial charge is 0.410 e. The van der Waals surface area contributed by atoms with Gasteiger partial charge in [-0.2, -0.15) is 0 Å². The van der Waals surface area contributed by atoms with Crippen LogP contribution < -0.4 is 9.47 Å². The molecule has 1 atom stereocenters. The molecule has 2 aliphatic heterocycles. The third-order valence-electron chi connectivity index (χ3n) is 5.34. The van der Waals surface area contributed by atoms with Gasteiger partial charge in [0.05, 0.1) is 17.1 Å². The van der Waals surface area contributed by atoms with Crippen molar-refractivity contribution in [1.82, 2.24) is 4.90 Å². The van der Waals surface area contributed by atoms with Crippen molar-refractivity contribution in [3.8, 4) is 11.5 Å². The van der Waals surface area contributed by atoms with Gasteiger partial charge in [-0.25, -0.2) is 9.59 Å². The summed E-state index contributed by atoms with van der Waals surface area (Å²) in [7, 11) is 1.35. The summed E-state index contributed by atoms with van der Waals surface area (Å²) in [6.07, 6.45) is 1.16. The maximum atomic E-state index is 12.3. The van der Waals surface area contributed by atoms with Gasteiger partial charge in [-0.3, -0.25) is 0 Å². The first-order chi connectivity index (χ1) is 13.4. The van der Waals surface area contributed by atoms with Gasteiger partial charge >= 0.3 is 12.1 Å².